The van der Waals surface area contributed by atoms with Gasteiger partial charge in [-0.15, -0.1) is 22.7 Å². The molecule has 0 N–H and O–H groups in total. The van der Waals surface area contributed by atoms with Gasteiger partial charge in [0.05, 0.1) is 0 Å². The Morgan fingerprint density at radius 2 is 1.80 bits per heavy atom. The minimum Gasteiger partial charge on any atom is -0.141 e. The fraction of sp³-hybridized carbons (Fsp3) is 0.176. The van der Waals surface area contributed by atoms with Gasteiger partial charge in [0.25, 0.3) is 0 Å². The molecule has 3 rings (SSSR count). The van der Waals surface area contributed by atoms with Crippen LogP contribution in [-0.4, -0.2) is 5.33 Å². The largest absolute Gasteiger partial charge is 0.141 e. The monoisotopic (exact) mass is 362 g/mol. The first kappa shape index (κ1) is 14.1. The van der Waals surface area contributed by atoms with Gasteiger partial charge < -0.3 is 0 Å². The first-order valence-corrected chi connectivity index (χ1v) is 9.42. The second-order valence-electron chi connectivity index (χ2n) is 4.62. The average molecular weight is 363 g/mol. The predicted octanol–water partition coefficient (Wildman–Crippen LogP) is 6.46. The maximum Gasteiger partial charge on any atom is 0.0349 e. The maximum absolute atomic E-state index is 3.48. The second-order valence-corrected chi connectivity index (χ2v) is 7.72. The van der Waals surface area contributed by atoms with Gasteiger partial charge in [-0.3, -0.25) is 0 Å². The van der Waals surface area contributed by atoms with E-state index in [2.05, 4.69) is 70.5 Å². The average Bonchev–Trinajstić information content (AvgIpc) is 3.09. The Morgan fingerprint density at radius 1 is 0.950 bits per heavy atom. The van der Waals surface area contributed by atoms with Gasteiger partial charge in [-0.2, -0.15) is 0 Å². The Bertz CT molecular complexity index is 688. The Hall–Kier alpha value is -0.900. The number of fused-ring (bicyclic) bond motifs is 1. The Labute approximate surface area is 135 Å². The highest BCUT2D eigenvalue weighted by Gasteiger charge is 1.99. The van der Waals surface area contributed by atoms with Crippen molar-refractivity contribution in [2.75, 3.05) is 5.33 Å². The van der Waals surface area contributed by atoms with E-state index in [1.165, 1.54) is 37.6 Å². The summed E-state index contributed by atoms with van der Waals surface area (Å²) in [6.45, 7) is 0. The summed E-state index contributed by atoms with van der Waals surface area (Å²) in [5, 5.41) is 2.42. The first-order chi connectivity index (χ1) is 9.85. The predicted molar refractivity (Wildman–Crippen MR) is 97.2 cm³/mol. The highest BCUT2D eigenvalue weighted by molar-refractivity contribution is 9.09. The number of hydrogen-bond acceptors (Lipinski definition) is 2. The zero-order chi connectivity index (χ0) is 13.8. The van der Waals surface area contributed by atoms with Crippen LogP contribution in [0.3, 0.4) is 0 Å². The van der Waals surface area contributed by atoms with E-state index in [4.69, 9.17) is 0 Å². The fourth-order valence-corrected chi connectivity index (χ4v) is 4.31. The molecule has 1 aromatic carbocycles. The molecule has 20 heavy (non-hydrogen) atoms. The summed E-state index contributed by atoms with van der Waals surface area (Å²) in [7, 11) is 0. The third kappa shape index (κ3) is 3.40. The zero-order valence-electron chi connectivity index (χ0n) is 11.0. The standard InChI is InChI=1S/C17H15BrS2/c18-11-3-5-14-7-8-15(19-14)9-10-16-12-13-4-1-2-6-17(13)20-16/h1-2,4,6-10,12H,3,5,11H2/b10-9+. The summed E-state index contributed by atoms with van der Waals surface area (Å²) in [6.07, 6.45) is 6.84. The van der Waals surface area contributed by atoms with Crippen LogP contribution in [0.4, 0.5) is 0 Å². The van der Waals surface area contributed by atoms with Crippen LogP contribution in [0.15, 0.2) is 42.5 Å². The van der Waals surface area contributed by atoms with E-state index in [9.17, 15) is 0 Å². The lowest BCUT2D eigenvalue weighted by atomic mass is 10.2. The second kappa shape index (κ2) is 6.70. The molecular weight excluding hydrogens is 348 g/mol. The molecule has 2 aromatic heterocycles. The first-order valence-electron chi connectivity index (χ1n) is 6.66. The highest BCUT2D eigenvalue weighted by atomic mass is 79.9. The number of alkyl halides is 1. The lowest BCUT2D eigenvalue weighted by molar-refractivity contribution is 0.959. The van der Waals surface area contributed by atoms with Crippen molar-refractivity contribution in [1.29, 1.82) is 0 Å². The number of benzene rings is 1. The molecule has 0 radical (unpaired) electrons. The van der Waals surface area contributed by atoms with Crippen molar-refractivity contribution in [3.8, 4) is 0 Å². The molecule has 0 saturated heterocycles. The Balaban J connectivity index is 1.74. The number of rotatable bonds is 5. The van der Waals surface area contributed by atoms with Gasteiger partial charge in [-0.1, -0.05) is 34.1 Å². The van der Waals surface area contributed by atoms with E-state index in [-0.39, 0.29) is 0 Å². The van der Waals surface area contributed by atoms with Crippen molar-refractivity contribution < 1.29 is 0 Å². The topological polar surface area (TPSA) is 0 Å². The number of thiophene rings is 2. The van der Waals surface area contributed by atoms with Gasteiger partial charge in [0.1, 0.15) is 0 Å². The maximum atomic E-state index is 3.48. The molecule has 0 aliphatic heterocycles. The van der Waals surface area contributed by atoms with E-state index in [0.29, 0.717) is 0 Å². The number of aryl methyl sites for hydroxylation is 1. The fourth-order valence-electron chi connectivity index (χ4n) is 2.11. The zero-order valence-corrected chi connectivity index (χ0v) is 14.2. The van der Waals surface area contributed by atoms with Crippen molar-refractivity contribution >= 4 is 60.8 Å². The number of hydrogen-bond donors (Lipinski definition) is 0. The molecule has 0 amide bonds. The van der Waals surface area contributed by atoms with Crippen molar-refractivity contribution in [2.45, 2.75) is 12.8 Å². The van der Waals surface area contributed by atoms with Crippen molar-refractivity contribution in [1.82, 2.24) is 0 Å². The third-order valence-corrected chi connectivity index (χ3v) is 5.85. The Kier molecular flexibility index (Phi) is 4.71. The lowest BCUT2D eigenvalue weighted by Gasteiger charge is -1.91. The van der Waals surface area contributed by atoms with E-state index in [0.717, 1.165) is 5.33 Å². The molecule has 0 bridgehead atoms. The third-order valence-electron chi connectivity index (χ3n) is 3.10. The summed E-state index contributed by atoms with van der Waals surface area (Å²) in [5.74, 6) is 0. The van der Waals surface area contributed by atoms with Gasteiger partial charge in [-0.05, 0) is 54.6 Å². The SMILES string of the molecule is BrCCCc1ccc(/C=C/c2cc3ccccc3s2)s1. The normalized spacial score (nSPS) is 11.7. The van der Waals surface area contributed by atoms with E-state index in [1.54, 1.807) is 0 Å². The van der Waals surface area contributed by atoms with Crippen LogP contribution >= 0.6 is 38.6 Å². The van der Waals surface area contributed by atoms with Crippen LogP contribution in [0.25, 0.3) is 22.2 Å². The summed E-state index contributed by atoms with van der Waals surface area (Å²) < 4.78 is 1.36. The molecule has 0 aliphatic rings. The van der Waals surface area contributed by atoms with E-state index < -0.39 is 0 Å². The summed E-state index contributed by atoms with van der Waals surface area (Å²) in [4.78, 5) is 4.13. The molecule has 0 nitrogen and oxygen atoms in total. The van der Waals surface area contributed by atoms with Crippen molar-refractivity contribution in [3.63, 3.8) is 0 Å². The van der Waals surface area contributed by atoms with Crippen LogP contribution in [0.5, 0.6) is 0 Å². The summed E-state index contributed by atoms with van der Waals surface area (Å²) in [5.41, 5.74) is 0. The molecule has 3 heteroatoms. The minimum atomic E-state index is 1.08. The molecular formula is C17H15BrS2. The molecule has 0 atom stereocenters. The highest BCUT2D eigenvalue weighted by Crippen LogP contribution is 2.27. The quantitative estimate of drug-likeness (QED) is 0.456. The van der Waals surface area contributed by atoms with Crippen LogP contribution in [0.1, 0.15) is 21.1 Å². The van der Waals surface area contributed by atoms with Crippen LogP contribution < -0.4 is 0 Å². The molecule has 0 unspecified atom stereocenters. The molecule has 0 fully saturated rings. The van der Waals surface area contributed by atoms with Crippen LogP contribution in [-0.2, 0) is 6.42 Å². The van der Waals surface area contributed by atoms with Crippen LogP contribution in [0, 0.1) is 0 Å². The Morgan fingerprint density at radius 3 is 2.65 bits per heavy atom. The smallest absolute Gasteiger partial charge is 0.0349 e. The molecule has 102 valence electrons. The number of halogens is 1. The van der Waals surface area contributed by atoms with Gasteiger partial charge in [0.15, 0.2) is 0 Å². The van der Waals surface area contributed by atoms with Crippen molar-refractivity contribution in [3.05, 3.63) is 57.1 Å². The molecule has 0 spiro atoms. The summed E-state index contributed by atoms with van der Waals surface area (Å²) >= 11 is 7.23. The van der Waals surface area contributed by atoms with Crippen LogP contribution in [0.2, 0.25) is 0 Å². The minimum absolute atomic E-state index is 1.08. The van der Waals surface area contributed by atoms with E-state index >= 15 is 0 Å². The summed E-state index contributed by atoms with van der Waals surface area (Å²) in [6, 6.07) is 15.3. The lowest BCUT2D eigenvalue weighted by Crippen LogP contribution is -1.79. The van der Waals surface area contributed by atoms with Crippen molar-refractivity contribution in [2.24, 2.45) is 0 Å². The van der Waals surface area contributed by atoms with Gasteiger partial charge in [0.2, 0.25) is 0 Å². The van der Waals surface area contributed by atoms with Gasteiger partial charge in [0, 0.05) is 24.7 Å². The van der Waals surface area contributed by atoms with Gasteiger partial charge >= 0.3 is 0 Å². The molecule has 0 saturated carbocycles. The van der Waals surface area contributed by atoms with E-state index in [1.807, 2.05) is 22.7 Å². The molecule has 2 heterocycles. The molecule has 3 aromatic rings. The van der Waals surface area contributed by atoms with Gasteiger partial charge in [-0.25, -0.2) is 0 Å². The molecule has 0 aliphatic carbocycles.